The molecule has 1 amide bonds. The van der Waals surface area contributed by atoms with Crippen molar-refractivity contribution in [3.8, 4) is 11.5 Å². The van der Waals surface area contributed by atoms with Gasteiger partial charge in [-0.2, -0.15) is 13.2 Å². The highest BCUT2D eigenvalue weighted by atomic mass is 19.4. The van der Waals surface area contributed by atoms with Crippen LogP contribution in [0.15, 0.2) is 42.5 Å². The third-order valence-electron chi connectivity index (χ3n) is 5.80. The van der Waals surface area contributed by atoms with Crippen molar-refractivity contribution in [1.29, 1.82) is 0 Å². The fourth-order valence-corrected chi connectivity index (χ4v) is 3.91. The molecule has 1 fully saturated rings. The molecule has 33 heavy (non-hydrogen) atoms. The van der Waals surface area contributed by atoms with Gasteiger partial charge in [0.15, 0.2) is 0 Å². The second kappa shape index (κ2) is 10.9. The molecule has 0 radical (unpaired) electrons. The highest BCUT2D eigenvalue weighted by Crippen LogP contribution is 2.30. The van der Waals surface area contributed by atoms with E-state index in [-0.39, 0.29) is 18.5 Å². The highest BCUT2D eigenvalue weighted by molar-refractivity contribution is 5.78. The van der Waals surface area contributed by atoms with Gasteiger partial charge < -0.3 is 14.8 Å². The van der Waals surface area contributed by atoms with Gasteiger partial charge in [-0.15, -0.1) is 0 Å². The Morgan fingerprint density at radius 1 is 1.00 bits per heavy atom. The summed E-state index contributed by atoms with van der Waals surface area (Å²) in [6.07, 6.45) is -4.32. The van der Waals surface area contributed by atoms with Crippen molar-refractivity contribution < 1.29 is 27.4 Å². The van der Waals surface area contributed by atoms with E-state index in [1.165, 1.54) is 12.1 Å². The van der Waals surface area contributed by atoms with Crippen LogP contribution in [0.5, 0.6) is 11.5 Å². The lowest BCUT2D eigenvalue weighted by Crippen LogP contribution is -2.49. The molecule has 180 valence electrons. The number of benzene rings is 2. The number of ether oxygens (including phenoxy) is 2. The summed E-state index contributed by atoms with van der Waals surface area (Å²) in [4.78, 5) is 16.9. The SMILES string of the molecule is COc1ccc(OC)c(C(C)NC(=O)CN2CCN(Cc3ccc(C(F)(F)F)cc3)CC2)c1. The second-order valence-electron chi connectivity index (χ2n) is 8.14. The van der Waals surface area contributed by atoms with Crippen LogP contribution in [0.4, 0.5) is 13.2 Å². The van der Waals surface area contributed by atoms with Crippen molar-refractivity contribution in [2.75, 3.05) is 46.9 Å². The van der Waals surface area contributed by atoms with Crippen LogP contribution in [0.3, 0.4) is 0 Å². The van der Waals surface area contributed by atoms with Gasteiger partial charge in [-0.05, 0) is 42.8 Å². The van der Waals surface area contributed by atoms with Gasteiger partial charge in [-0.1, -0.05) is 12.1 Å². The normalized spacial score (nSPS) is 16.3. The molecule has 0 aromatic heterocycles. The standard InChI is InChI=1S/C24H30F3N3O3/c1-17(21-14-20(32-2)8-9-22(21)33-3)28-23(31)16-30-12-10-29(11-13-30)15-18-4-6-19(7-5-18)24(25,26)27/h4-9,14,17H,10-13,15-16H2,1-3H3,(H,28,31). The third kappa shape index (κ3) is 6.85. The van der Waals surface area contributed by atoms with Gasteiger partial charge in [-0.25, -0.2) is 0 Å². The lowest BCUT2D eigenvalue weighted by atomic mass is 10.1. The van der Waals surface area contributed by atoms with Gasteiger partial charge in [0.25, 0.3) is 0 Å². The Labute approximate surface area is 192 Å². The van der Waals surface area contributed by atoms with Crippen LogP contribution >= 0.6 is 0 Å². The molecule has 9 heteroatoms. The maximum atomic E-state index is 12.7. The van der Waals surface area contributed by atoms with Gasteiger partial charge in [0.05, 0.1) is 32.4 Å². The van der Waals surface area contributed by atoms with Crippen molar-refractivity contribution in [3.05, 3.63) is 59.2 Å². The number of carbonyl (C=O) groups is 1. The number of alkyl halides is 3. The highest BCUT2D eigenvalue weighted by Gasteiger charge is 2.30. The molecule has 3 rings (SSSR count). The molecule has 0 saturated carbocycles. The summed E-state index contributed by atoms with van der Waals surface area (Å²) in [6, 6.07) is 10.5. The minimum absolute atomic E-state index is 0.0800. The first-order valence-corrected chi connectivity index (χ1v) is 10.8. The third-order valence-corrected chi connectivity index (χ3v) is 5.80. The molecule has 2 aromatic carbocycles. The molecule has 6 nitrogen and oxygen atoms in total. The van der Waals surface area contributed by atoms with Crippen molar-refractivity contribution in [2.45, 2.75) is 25.7 Å². The maximum absolute atomic E-state index is 12.7. The fraction of sp³-hybridized carbons (Fsp3) is 0.458. The van der Waals surface area contributed by atoms with E-state index >= 15 is 0 Å². The first-order valence-electron chi connectivity index (χ1n) is 10.8. The van der Waals surface area contributed by atoms with Gasteiger partial charge in [0, 0.05) is 38.3 Å². The summed E-state index contributed by atoms with van der Waals surface area (Å²) < 4.78 is 48.8. The molecule has 1 heterocycles. The number of nitrogens with zero attached hydrogens (tertiary/aromatic N) is 2. The predicted molar refractivity (Wildman–Crippen MR) is 119 cm³/mol. The quantitative estimate of drug-likeness (QED) is 0.644. The van der Waals surface area contributed by atoms with Gasteiger partial charge >= 0.3 is 6.18 Å². The molecule has 0 aliphatic carbocycles. The second-order valence-corrected chi connectivity index (χ2v) is 8.14. The van der Waals surface area contributed by atoms with E-state index in [0.717, 1.165) is 36.3 Å². The molecule has 0 spiro atoms. The minimum Gasteiger partial charge on any atom is -0.497 e. The van der Waals surface area contributed by atoms with Crippen molar-refractivity contribution in [3.63, 3.8) is 0 Å². The zero-order valence-corrected chi connectivity index (χ0v) is 19.1. The van der Waals surface area contributed by atoms with Gasteiger partial charge in [0.1, 0.15) is 11.5 Å². The first-order chi connectivity index (χ1) is 15.7. The van der Waals surface area contributed by atoms with E-state index in [1.54, 1.807) is 20.3 Å². The van der Waals surface area contributed by atoms with E-state index < -0.39 is 11.7 Å². The van der Waals surface area contributed by atoms with E-state index in [9.17, 15) is 18.0 Å². The molecule has 1 atom stereocenters. The smallest absolute Gasteiger partial charge is 0.416 e. The Bertz CT molecular complexity index is 927. The monoisotopic (exact) mass is 465 g/mol. The molecular weight excluding hydrogens is 435 g/mol. The summed E-state index contributed by atoms with van der Waals surface area (Å²) >= 11 is 0. The van der Waals surface area contributed by atoms with Crippen molar-refractivity contribution in [1.82, 2.24) is 15.1 Å². The number of methoxy groups -OCH3 is 2. The Morgan fingerprint density at radius 2 is 1.64 bits per heavy atom. The Kier molecular flexibility index (Phi) is 8.20. The zero-order chi connectivity index (χ0) is 24.0. The number of hydrogen-bond donors (Lipinski definition) is 1. The number of halogens is 3. The van der Waals surface area contributed by atoms with Crippen molar-refractivity contribution >= 4 is 5.91 Å². The van der Waals surface area contributed by atoms with E-state index in [2.05, 4.69) is 15.1 Å². The summed E-state index contributed by atoms with van der Waals surface area (Å²) in [6.45, 7) is 5.68. The fourth-order valence-electron chi connectivity index (χ4n) is 3.91. The number of rotatable bonds is 8. The lowest BCUT2D eigenvalue weighted by Gasteiger charge is -2.34. The van der Waals surface area contributed by atoms with Gasteiger partial charge in [0.2, 0.25) is 5.91 Å². The van der Waals surface area contributed by atoms with E-state index in [4.69, 9.17) is 9.47 Å². The number of hydrogen-bond acceptors (Lipinski definition) is 5. The van der Waals surface area contributed by atoms with Crippen LogP contribution in [0.25, 0.3) is 0 Å². The molecule has 2 aromatic rings. The van der Waals surface area contributed by atoms with Crippen LogP contribution in [0.1, 0.15) is 29.7 Å². The predicted octanol–water partition coefficient (Wildman–Crippen LogP) is 3.72. The number of nitrogens with one attached hydrogen (secondary N) is 1. The molecule has 1 unspecified atom stereocenters. The molecule has 1 N–H and O–H groups in total. The van der Waals surface area contributed by atoms with Crippen molar-refractivity contribution in [2.24, 2.45) is 0 Å². The summed E-state index contributed by atoms with van der Waals surface area (Å²) in [5.41, 5.74) is 1.05. The molecule has 1 aliphatic rings. The number of amides is 1. The van der Waals surface area contributed by atoms with Crippen LogP contribution in [-0.2, 0) is 17.5 Å². The zero-order valence-electron chi connectivity index (χ0n) is 19.1. The average molecular weight is 466 g/mol. The lowest BCUT2D eigenvalue weighted by molar-refractivity contribution is -0.137. The maximum Gasteiger partial charge on any atom is 0.416 e. The number of carbonyl (C=O) groups excluding carboxylic acids is 1. The van der Waals surface area contributed by atoms with Crippen LogP contribution in [-0.4, -0.2) is 62.7 Å². The largest absolute Gasteiger partial charge is 0.497 e. The van der Waals surface area contributed by atoms with Crippen LogP contribution in [0.2, 0.25) is 0 Å². The van der Waals surface area contributed by atoms with E-state index in [1.807, 2.05) is 19.1 Å². The topological polar surface area (TPSA) is 54.0 Å². The first kappa shape index (κ1) is 24.9. The molecule has 1 aliphatic heterocycles. The molecule has 1 saturated heterocycles. The van der Waals surface area contributed by atoms with E-state index in [0.29, 0.717) is 31.1 Å². The summed E-state index contributed by atoms with van der Waals surface area (Å²) in [7, 11) is 3.18. The summed E-state index contributed by atoms with van der Waals surface area (Å²) in [5.74, 6) is 1.29. The molecule has 0 bridgehead atoms. The Balaban J connectivity index is 1.46. The minimum atomic E-state index is -4.32. The Hall–Kier alpha value is -2.78. The average Bonchev–Trinajstić information content (AvgIpc) is 2.79. The van der Waals surface area contributed by atoms with Crippen LogP contribution < -0.4 is 14.8 Å². The molecular formula is C24H30F3N3O3. The van der Waals surface area contributed by atoms with Crippen LogP contribution in [0, 0.1) is 0 Å². The van der Waals surface area contributed by atoms with Gasteiger partial charge in [-0.3, -0.25) is 14.6 Å². The Morgan fingerprint density at radius 3 is 2.21 bits per heavy atom. The number of piperazine rings is 1. The summed E-state index contributed by atoms with van der Waals surface area (Å²) in [5, 5.41) is 3.02.